The zero-order chi connectivity index (χ0) is 19.8. The number of halogens is 1. The second-order valence-corrected chi connectivity index (χ2v) is 7.29. The van der Waals surface area contributed by atoms with E-state index in [0.29, 0.717) is 41.1 Å². The highest BCUT2D eigenvalue weighted by Crippen LogP contribution is 2.25. The molecule has 1 atom stereocenters. The topological polar surface area (TPSA) is 68.1 Å². The van der Waals surface area contributed by atoms with Crippen LogP contribution in [0.3, 0.4) is 0 Å². The van der Waals surface area contributed by atoms with E-state index in [-0.39, 0.29) is 23.4 Å². The third kappa shape index (κ3) is 3.28. The Morgan fingerprint density at radius 3 is 2.82 bits per heavy atom. The molecule has 1 fully saturated rings. The summed E-state index contributed by atoms with van der Waals surface area (Å²) in [6.07, 6.45) is 4.83. The van der Waals surface area contributed by atoms with Crippen LogP contribution in [0.15, 0.2) is 36.7 Å². The van der Waals surface area contributed by atoms with Gasteiger partial charge in [0.25, 0.3) is 5.91 Å². The number of benzene rings is 1. The molecule has 7 heteroatoms. The van der Waals surface area contributed by atoms with Crippen LogP contribution in [0.4, 0.5) is 4.39 Å². The Bertz CT molecular complexity index is 1070. The maximum atomic E-state index is 13.6. The van der Waals surface area contributed by atoms with Crippen LogP contribution in [0.5, 0.6) is 0 Å². The lowest BCUT2D eigenvalue weighted by Crippen LogP contribution is -2.42. The smallest absolute Gasteiger partial charge is 0.254 e. The van der Waals surface area contributed by atoms with E-state index >= 15 is 0 Å². The molecule has 6 nitrogen and oxygen atoms in total. The van der Waals surface area contributed by atoms with Crippen LogP contribution in [-0.4, -0.2) is 44.2 Å². The molecule has 1 aromatic carbocycles. The van der Waals surface area contributed by atoms with Gasteiger partial charge in [0.1, 0.15) is 5.82 Å². The molecule has 0 N–H and O–H groups in total. The van der Waals surface area contributed by atoms with Crippen LogP contribution in [0, 0.1) is 18.7 Å². The first-order valence-corrected chi connectivity index (χ1v) is 9.32. The molecule has 0 spiro atoms. The highest BCUT2D eigenvalue weighted by molar-refractivity contribution is 6.06. The Morgan fingerprint density at radius 1 is 1.25 bits per heavy atom. The predicted octanol–water partition coefficient (Wildman–Crippen LogP) is 3.15. The fourth-order valence-electron chi connectivity index (χ4n) is 3.84. The van der Waals surface area contributed by atoms with Crippen molar-refractivity contribution in [1.82, 2.24) is 19.4 Å². The number of aryl methyl sites for hydroxylation is 2. The van der Waals surface area contributed by atoms with Gasteiger partial charge in [0.15, 0.2) is 5.82 Å². The van der Waals surface area contributed by atoms with E-state index in [1.165, 1.54) is 12.1 Å². The number of nitrogens with zero attached hydrogens (tertiary/aromatic N) is 4. The summed E-state index contributed by atoms with van der Waals surface area (Å²) in [5.41, 5.74) is 1.60. The van der Waals surface area contributed by atoms with Crippen molar-refractivity contribution in [3.8, 4) is 0 Å². The number of ketones is 1. The van der Waals surface area contributed by atoms with E-state index in [9.17, 15) is 14.0 Å². The molecule has 4 rings (SSSR count). The normalized spacial score (nSPS) is 17.1. The van der Waals surface area contributed by atoms with Gasteiger partial charge in [0.2, 0.25) is 5.78 Å². The number of pyridine rings is 1. The molecule has 0 aliphatic carbocycles. The van der Waals surface area contributed by atoms with Gasteiger partial charge < -0.3 is 9.47 Å². The first-order valence-electron chi connectivity index (χ1n) is 9.32. The molecule has 1 saturated heterocycles. The van der Waals surface area contributed by atoms with E-state index in [1.807, 2.05) is 0 Å². The van der Waals surface area contributed by atoms with Crippen LogP contribution in [0.25, 0.3) is 10.9 Å². The van der Waals surface area contributed by atoms with Crippen molar-refractivity contribution in [3.05, 3.63) is 59.6 Å². The molecule has 0 saturated carbocycles. The molecule has 144 valence electrons. The average Bonchev–Trinajstić information content (AvgIpc) is 3.11. The van der Waals surface area contributed by atoms with Crippen LogP contribution in [-0.2, 0) is 7.05 Å². The Balaban J connectivity index is 1.63. The summed E-state index contributed by atoms with van der Waals surface area (Å²) >= 11 is 0. The van der Waals surface area contributed by atoms with Crippen molar-refractivity contribution in [2.75, 3.05) is 13.1 Å². The molecule has 0 bridgehead atoms. The third-order valence-electron chi connectivity index (χ3n) is 5.25. The minimum absolute atomic E-state index is 0.0390. The highest BCUT2D eigenvalue weighted by Gasteiger charge is 2.31. The Hall–Kier alpha value is -3.09. The van der Waals surface area contributed by atoms with Crippen LogP contribution < -0.4 is 0 Å². The molecule has 28 heavy (non-hydrogen) atoms. The third-order valence-corrected chi connectivity index (χ3v) is 5.25. The molecular weight excluding hydrogens is 359 g/mol. The van der Waals surface area contributed by atoms with Gasteiger partial charge in [-0.3, -0.25) is 14.6 Å². The van der Waals surface area contributed by atoms with Crippen molar-refractivity contribution in [3.63, 3.8) is 0 Å². The van der Waals surface area contributed by atoms with Gasteiger partial charge in [0, 0.05) is 55.6 Å². The summed E-state index contributed by atoms with van der Waals surface area (Å²) in [7, 11) is 1.79. The summed E-state index contributed by atoms with van der Waals surface area (Å²) in [4.78, 5) is 36.3. The molecule has 3 aromatic rings. The van der Waals surface area contributed by atoms with Gasteiger partial charge in [-0.05, 0) is 38.0 Å². The largest absolute Gasteiger partial charge is 0.338 e. The van der Waals surface area contributed by atoms with Gasteiger partial charge in [-0.1, -0.05) is 0 Å². The first-order chi connectivity index (χ1) is 13.4. The number of fused-ring (bicyclic) bond motifs is 1. The second kappa shape index (κ2) is 7.14. The van der Waals surface area contributed by atoms with E-state index in [2.05, 4.69) is 9.97 Å². The van der Waals surface area contributed by atoms with Crippen molar-refractivity contribution in [2.24, 2.45) is 13.0 Å². The number of hydrogen-bond donors (Lipinski definition) is 0. The summed E-state index contributed by atoms with van der Waals surface area (Å²) < 4.78 is 15.3. The summed E-state index contributed by atoms with van der Waals surface area (Å²) in [6.45, 7) is 2.73. The zero-order valence-electron chi connectivity index (χ0n) is 15.9. The molecular formula is C21H21FN4O2. The maximum absolute atomic E-state index is 13.6. The van der Waals surface area contributed by atoms with Crippen molar-refractivity contribution >= 4 is 22.6 Å². The fraction of sp³-hybridized carbons (Fsp3) is 0.333. The quantitative estimate of drug-likeness (QED) is 0.655. The van der Waals surface area contributed by atoms with Gasteiger partial charge >= 0.3 is 0 Å². The number of aromatic nitrogens is 3. The summed E-state index contributed by atoms with van der Waals surface area (Å²) in [5, 5.41) is 0.620. The Morgan fingerprint density at radius 2 is 2.07 bits per heavy atom. The van der Waals surface area contributed by atoms with Gasteiger partial charge in [-0.2, -0.15) is 0 Å². The van der Waals surface area contributed by atoms with Crippen LogP contribution in [0.1, 0.15) is 39.5 Å². The molecule has 0 radical (unpaired) electrons. The molecule has 1 aliphatic heterocycles. The van der Waals surface area contributed by atoms with E-state index in [1.54, 1.807) is 48.0 Å². The second-order valence-electron chi connectivity index (χ2n) is 7.29. The molecule has 1 amide bonds. The minimum atomic E-state index is -0.386. The number of hydrogen-bond acceptors (Lipinski definition) is 4. The first kappa shape index (κ1) is 18.3. The number of carbonyl (C=O) groups excluding carboxylic acids is 2. The molecule has 1 unspecified atom stereocenters. The summed E-state index contributed by atoms with van der Waals surface area (Å²) in [5.74, 6) is -0.435. The number of piperidine rings is 1. The van der Waals surface area contributed by atoms with Crippen molar-refractivity contribution in [1.29, 1.82) is 0 Å². The Kier molecular flexibility index (Phi) is 4.66. The monoisotopic (exact) mass is 380 g/mol. The lowest BCUT2D eigenvalue weighted by Gasteiger charge is -2.32. The predicted molar refractivity (Wildman–Crippen MR) is 103 cm³/mol. The number of carbonyl (C=O) groups is 2. The van der Waals surface area contributed by atoms with Crippen molar-refractivity contribution in [2.45, 2.75) is 19.8 Å². The maximum Gasteiger partial charge on any atom is 0.254 e. The standard InChI is InChI=1S/C21H21FN4O2/c1-13-10-17(16-6-5-15(22)11-18(16)24-13)21(28)26-8-3-4-14(12-26)19(27)20-23-7-9-25(20)2/h5-7,9-11,14H,3-4,8,12H2,1-2H3. The average molecular weight is 380 g/mol. The summed E-state index contributed by atoms with van der Waals surface area (Å²) in [6, 6.07) is 5.99. The zero-order valence-corrected chi connectivity index (χ0v) is 15.9. The number of amides is 1. The molecule has 3 heterocycles. The fourth-order valence-corrected chi connectivity index (χ4v) is 3.84. The van der Waals surface area contributed by atoms with Crippen molar-refractivity contribution < 1.29 is 14.0 Å². The molecule has 1 aliphatic rings. The number of likely N-dealkylation sites (tertiary alicyclic amines) is 1. The van der Waals surface area contributed by atoms with E-state index < -0.39 is 0 Å². The van der Waals surface area contributed by atoms with Gasteiger partial charge in [-0.25, -0.2) is 9.37 Å². The van der Waals surface area contributed by atoms with E-state index in [0.717, 1.165) is 12.8 Å². The SMILES string of the molecule is Cc1cc(C(=O)N2CCCC(C(=O)c3nccn3C)C2)c2ccc(F)cc2n1. The highest BCUT2D eigenvalue weighted by atomic mass is 19.1. The Labute approximate surface area is 162 Å². The van der Waals surface area contributed by atoms with Crippen LogP contribution >= 0.6 is 0 Å². The lowest BCUT2D eigenvalue weighted by molar-refractivity contribution is 0.0634. The number of rotatable bonds is 3. The van der Waals surface area contributed by atoms with Gasteiger partial charge in [-0.15, -0.1) is 0 Å². The van der Waals surface area contributed by atoms with Gasteiger partial charge in [0.05, 0.1) is 11.1 Å². The van der Waals surface area contributed by atoms with E-state index in [4.69, 9.17) is 0 Å². The lowest BCUT2D eigenvalue weighted by atomic mass is 9.92. The number of Topliss-reactive ketones (excluding diaryl/α,β-unsaturated/α-hetero) is 1. The molecule has 2 aromatic heterocycles. The van der Waals surface area contributed by atoms with Crippen LogP contribution in [0.2, 0.25) is 0 Å². The minimum Gasteiger partial charge on any atom is -0.338 e. The number of imidazole rings is 1.